The highest BCUT2D eigenvalue weighted by Crippen LogP contribution is 2.37. The van der Waals surface area contributed by atoms with Crippen LogP contribution in [0, 0.1) is 18.8 Å². The van der Waals surface area contributed by atoms with Crippen LogP contribution in [0.5, 0.6) is 0 Å². The highest BCUT2D eigenvalue weighted by Gasteiger charge is 2.36. The van der Waals surface area contributed by atoms with Crippen molar-refractivity contribution in [1.82, 2.24) is 24.9 Å². The van der Waals surface area contributed by atoms with Crippen LogP contribution in [0.15, 0.2) is 54.6 Å². The molecule has 1 aliphatic heterocycles. The molecule has 0 unspecified atom stereocenters. The van der Waals surface area contributed by atoms with Crippen molar-refractivity contribution < 1.29 is 13.2 Å². The van der Waals surface area contributed by atoms with E-state index in [-0.39, 0.29) is 12.2 Å². The zero-order valence-electron chi connectivity index (χ0n) is 24.1. The lowest BCUT2D eigenvalue weighted by Gasteiger charge is -2.26. The number of sulfonamides is 1. The van der Waals surface area contributed by atoms with E-state index in [0.717, 1.165) is 53.2 Å². The normalized spacial score (nSPS) is 15.5. The molecular formula is C32H31Cl2N5O3S2. The van der Waals surface area contributed by atoms with E-state index in [2.05, 4.69) is 22.0 Å². The first-order valence-corrected chi connectivity index (χ1v) is 17.6. The van der Waals surface area contributed by atoms with Crippen molar-refractivity contribution in [3.8, 4) is 28.1 Å². The van der Waals surface area contributed by atoms with Crippen LogP contribution < -0.4 is 10.1 Å². The molecule has 0 radical (unpaired) electrons. The maximum atomic E-state index is 13.8. The highest BCUT2D eigenvalue weighted by molar-refractivity contribution is 7.90. The molecule has 0 bridgehead atoms. The van der Waals surface area contributed by atoms with E-state index in [4.69, 9.17) is 28.3 Å². The second-order valence-electron chi connectivity index (χ2n) is 11.0. The van der Waals surface area contributed by atoms with Crippen molar-refractivity contribution in [2.45, 2.75) is 50.8 Å². The molecule has 4 aromatic rings. The number of carbonyl (C=O) groups is 1. The number of thiophene rings is 1. The third kappa shape index (κ3) is 7.04. The number of halogens is 2. The Morgan fingerprint density at radius 1 is 1.02 bits per heavy atom. The summed E-state index contributed by atoms with van der Waals surface area (Å²) >= 11 is 14.3. The molecule has 3 heterocycles. The van der Waals surface area contributed by atoms with Crippen LogP contribution in [0.4, 0.5) is 0 Å². The molecule has 2 N–H and O–H groups in total. The quantitative estimate of drug-likeness (QED) is 0.214. The van der Waals surface area contributed by atoms with Crippen molar-refractivity contribution in [3.63, 3.8) is 0 Å². The highest BCUT2D eigenvalue weighted by atomic mass is 35.5. The maximum absolute atomic E-state index is 13.8. The van der Waals surface area contributed by atoms with Gasteiger partial charge in [-0.2, -0.15) is 5.10 Å². The second kappa shape index (κ2) is 13.1. The molecular weight excluding hydrogens is 637 g/mol. The first-order chi connectivity index (χ1) is 21.2. The van der Waals surface area contributed by atoms with E-state index in [1.807, 2.05) is 48.3 Å². The Kier molecular flexibility index (Phi) is 9.15. The van der Waals surface area contributed by atoms with Crippen LogP contribution in [0.25, 0.3) is 16.3 Å². The van der Waals surface area contributed by atoms with Crippen LogP contribution in [0.1, 0.15) is 64.2 Å². The topological polar surface area (TPSA) is 96.3 Å². The number of amides is 1. The Balaban J connectivity index is 1.46. The van der Waals surface area contributed by atoms with Gasteiger partial charge in [-0.05, 0) is 75.1 Å². The molecule has 0 spiro atoms. The lowest BCUT2D eigenvalue weighted by atomic mass is 10.1. The molecule has 2 aliphatic rings. The van der Waals surface area contributed by atoms with Gasteiger partial charge in [0.1, 0.15) is 0 Å². The van der Waals surface area contributed by atoms with Crippen molar-refractivity contribution in [2.75, 3.05) is 13.1 Å². The molecule has 1 saturated carbocycles. The van der Waals surface area contributed by atoms with Crippen molar-refractivity contribution >= 4 is 50.5 Å². The molecule has 6 rings (SSSR count). The molecule has 44 heavy (non-hydrogen) atoms. The summed E-state index contributed by atoms with van der Waals surface area (Å²) in [6.07, 6.45) is 4.32. The summed E-state index contributed by atoms with van der Waals surface area (Å²) in [6, 6.07) is 16.9. The summed E-state index contributed by atoms with van der Waals surface area (Å²) < 4.78 is 30.2. The Morgan fingerprint density at radius 3 is 2.48 bits per heavy atom. The van der Waals surface area contributed by atoms with Gasteiger partial charge in [-0.3, -0.25) is 10.2 Å². The second-order valence-corrected chi connectivity index (χ2v) is 15.0. The fraction of sp³-hybridized carbons (Fsp3) is 0.312. The third-order valence-electron chi connectivity index (χ3n) is 7.59. The fourth-order valence-corrected chi connectivity index (χ4v) is 7.80. The molecule has 2 fully saturated rings. The van der Waals surface area contributed by atoms with Crippen molar-refractivity contribution in [3.05, 3.63) is 91.9 Å². The minimum atomic E-state index is -3.55. The van der Waals surface area contributed by atoms with Crippen LogP contribution in [-0.2, 0) is 16.6 Å². The Labute approximate surface area is 271 Å². The summed E-state index contributed by atoms with van der Waals surface area (Å²) in [5.74, 6) is 6.02. The van der Waals surface area contributed by atoms with E-state index in [1.54, 1.807) is 22.9 Å². The molecule has 2 aromatic heterocycles. The summed E-state index contributed by atoms with van der Waals surface area (Å²) in [5.41, 5.74) is 6.69. The number of hydrogen-bond donors (Lipinski definition) is 2. The molecule has 12 heteroatoms. The Bertz CT molecular complexity index is 1860. The zero-order valence-corrected chi connectivity index (χ0v) is 27.2. The molecule has 1 amide bonds. The molecule has 228 valence electrons. The first kappa shape index (κ1) is 30.8. The maximum Gasteiger partial charge on any atom is 0.286 e. The number of aromatic nitrogens is 2. The van der Waals surface area contributed by atoms with Gasteiger partial charge in [0.25, 0.3) is 5.91 Å². The predicted octanol–water partition coefficient (Wildman–Crippen LogP) is 6.33. The standard InChI is InChI=1S/C32H31Cl2N5O3S2/c1-21-5-7-22(8-6-21)9-11-24-12-16-29(43-24)31-26(20-35-44(41,42)25-13-14-25)30(32(40)37-38-17-3-2-4-18-38)36-39(31)28-15-10-23(33)19-27(28)34/h5-8,10,12,15-16,19,25,35H,2-4,13-14,17-18,20H2,1H3,(H,37,40). The fourth-order valence-electron chi connectivity index (χ4n) is 5.05. The van der Waals surface area contributed by atoms with E-state index in [9.17, 15) is 13.2 Å². The number of nitrogens with zero attached hydrogens (tertiary/aromatic N) is 3. The van der Waals surface area contributed by atoms with Gasteiger partial charge in [-0.25, -0.2) is 22.8 Å². The van der Waals surface area contributed by atoms with Crippen molar-refractivity contribution in [1.29, 1.82) is 0 Å². The number of benzene rings is 2. The number of nitrogens with one attached hydrogen (secondary N) is 2. The SMILES string of the molecule is Cc1ccc(C#Cc2ccc(-c3c(CNS(=O)(=O)C4CC4)c(C(=O)NN4CCCCC4)nn3-c3ccc(Cl)cc3Cl)s2)cc1. The van der Waals surface area contributed by atoms with Gasteiger partial charge in [0.05, 0.1) is 31.4 Å². The summed E-state index contributed by atoms with van der Waals surface area (Å²) in [7, 11) is -3.55. The van der Waals surface area contributed by atoms with Crippen LogP contribution >= 0.6 is 34.5 Å². The van der Waals surface area contributed by atoms with Gasteiger partial charge >= 0.3 is 0 Å². The lowest BCUT2D eigenvalue weighted by molar-refractivity contribution is 0.0743. The minimum absolute atomic E-state index is 0.107. The predicted molar refractivity (Wildman–Crippen MR) is 176 cm³/mol. The zero-order chi connectivity index (χ0) is 30.8. The Hall–Kier alpha value is -3.17. The molecule has 1 aliphatic carbocycles. The number of aryl methyl sites for hydroxylation is 1. The van der Waals surface area contributed by atoms with E-state index < -0.39 is 21.2 Å². The van der Waals surface area contributed by atoms with Crippen LogP contribution in [0.2, 0.25) is 10.0 Å². The largest absolute Gasteiger partial charge is 0.286 e. The van der Waals surface area contributed by atoms with Crippen LogP contribution in [-0.4, -0.2) is 47.5 Å². The summed E-state index contributed by atoms with van der Waals surface area (Å²) in [4.78, 5) is 15.3. The van der Waals surface area contributed by atoms with Crippen molar-refractivity contribution in [2.24, 2.45) is 0 Å². The monoisotopic (exact) mass is 667 g/mol. The third-order valence-corrected chi connectivity index (χ3v) is 11.0. The van der Waals surface area contributed by atoms with Gasteiger partial charge in [-0.1, -0.05) is 59.2 Å². The minimum Gasteiger partial charge on any atom is -0.283 e. The van der Waals surface area contributed by atoms with Gasteiger partial charge < -0.3 is 0 Å². The Morgan fingerprint density at radius 2 is 1.77 bits per heavy atom. The number of carbonyl (C=O) groups excluding carboxylic acids is 1. The number of hydrazine groups is 1. The van der Waals surface area contributed by atoms with Gasteiger partial charge in [0.2, 0.25) is 10.0 Å². The van der Waals surface area contributed by atoms with Gasteiger partial charge in [-0.15, -0.1) is 11.3 Å². The summed E-state index contributed by atoms with van der Waals surface area (Å²) in [5, 5.41) is 7.04. The number of piperidine rings is 1. The van der Waals surface area contributed by atoms with Crippen LogP contribution in [0.3, 0.4) is 0 Å². The average molecular weight is 669 g/mol. The van der Waals surface area contributed by atoms with E-state index in [0.29, 0.717) is 39.8 Å². The molecule has 0 atom stereocenters. The smallest absolute Gasteiger partial charge is 0.283 e. The van der Waals surface area contributed by atoms with E-state index >= 15 is 0 Å². The molecule has 1 saturated heterocycles. The average Bonchev–Trinajstić information content (AvgIpc) is 3.66. The van der Waals surface area contributed by atoms with E-state index in [1.165, 1.54) is 11.3 Å². The van der Waals surface area contributed by atoms with Gasteiger partial charge in [0.15, 0.2) is 5.69 Å². The summed E-state index contributed by atoms with van der Waals surface area (Å²) in [6.45, 7) is 3.40. The number of rotatable bonds is 8. The molecule has 8 nitrogen and oxygen atoms in total. The first-order valence-electron chi connectivity index (χ1n) is 14.5. The lowest BCUT2D eigenvalue weighted by Crippen LogP contribution is -2.45. The molecule has 2 aromatic carbocycles. The van der Waals surface area contributed by atoms with Gasteiger partial charge in [0, 0.05) is 35.8 Å². The number of hydrogen-bond acceptors (Lipinski definition) is 6.